The second-order valence-electron chi connectivity index (χ2n) is 4.47. The van der Waals surface area contributed by atoms with Crippen LogP contribution in [-0.2, 0) is 14.3 Å². The fourth-order valence-electron chi connectivity index (χ4n) is 2.79. The van der Waals surface area contributed by atoms with E-state index in [1.807, 2.05) is 0 Å². The van der Waals surface area contributed by atoms with Gasteiger partial charge in [-0.1, -0.05) is 0 Å². The van der Waals surface area contributed by atoms with Gasteiger partial charge in [0.05, 0.1) is 19.3 Å². The SMILES string of the molecule is O=C1CC2CC(=O)CC(C1)C2OCCO. The Hall–Kier alpha value is -0.740. The van der Waals surface area contributed by atoms with Gasteiger partial charge in [0.25, 0.3) is 0 Å². The van der Waals surface area contributed by atoms with Crippen LogP contribution in [0.3, 0.4) is 0 Å². The van der Waals surface area contributed by atoms with Gasteiger partial charge in [0.1, 0.15) is 11.6 Å². The normalized spacial score (nSPS) is 35.7. The first-order valence-electron chi connectivity index (χ1n) is 5.46. The molecule has 0 aromatic carbocycles. The van der Waals surface area contributed by atoms with Gasteiger partial charge in [0, 0.05) is 25.7 Å². The second kappa shape index (κ2) is 4.41. The minimum atomic E-state index is -0.00215. The highest BCUT2D eigenvalue weighted by Gasteiger charge is 2.43. The molecule has 0 atom stereocenters. The molecule has 4 nitrogen and oxygen atoms in total. The summed E-state index contributed by atoms with van der Waals surface area (Å²) in [4.78, 5) is 22.8. The third-order valence-corrected chi connectivity index (χ3v) is 3.29. The van der Waals surface area contributed by atoms with Gasteiger partial charge in [-0.25, -0.2) is 0 Å². The zero-order valence-corrected chi connectivity index (χ0v) is 8.65. The van der Waals surface area contributed by atoms with E-state index in [9.17, 15) is 9.59 Å². The molecular formula is C11H16O4. The molecule has 2 rings (SSSR count). The molecule has 2 saturated carbocycles. The smallest absolute Gasteiger partial charge is 0.133 e. The van der Waals surface area contributed by atoms with Gasteiger partial charge in [0.15, 0.2) is 0 Å². The Balaban J connectivity index is 2.04. The lowest BCUT2D eigenvalue weighted by molar-refractivity contribution is -0.144. The highest BCUT2D eigenvalue weighted by molar-refractivity contribution is 5.86. The van der Waals surface area contributed by atoms with E-state index in [0.717, 1.165) is 0 Å². The molecule has 0 amide bonds. The molecule has 2 bridgehead atoms. The van der Waals surface area contributed by atoms with Crippen LogP contribution < -0.4 is 0 Å². The van der Waals surface area contributed by atoms with Crippen molar-refractivity contribution in [2.75, 3.05) is 13.2 Å². The number of Topliss-reactive ketones (excluding diaryl/α,β-unsaturated/α-hetero) is 2. The summed E-state index contributed by atoms with van der Waals surface area (Å²) in [5, 5.41) is 8.71. The molecule has 0 saturated heterocycles. The molecule has 15 heavy (non-hydrogen) atoms. The Morgan fingerprint density at radius 1 is 1.07 bits per heavy atom. The van der Waals surface area contributed by atoms with Gasteiger partial charge in [-0.2, -0.15) is 0 Å². The summed E-state index contributed by atoms with van der Waals surface area (Å²) in [5.74, 6) is 0.621. The van der Waals surface area contributed by atoms with E-state index >= 15 is 0 Å². The molecular weight excluding hydrogens is 196 g/mol. The quantitative estimate of drug-likeness (QED) is 0.732. The van der Waals surface area contributed by atoms with Crippen molar-refractivity contribution in [3.8, 4) is 0 Å². The van der Waals surface area contributed by atoms with Crippen molar-refractivity contribution in [2.24, 2.45) is 11.8 Å². The second-order valence-corrected chi connectivity index (χ2v) is 4.47. The highest BCUT2D eigenvalue weighted by Crippen LogP contribution is 2.38. The van der Waals surface area contributed by atoms with Gasteiger partial charge >= 0.3 is 0 Å². The maximum absolute atomic E-state index is 11.4. The van der Waals surface area contributed by atoms with Crippen LogP contribution >= 0.6 is 0 Å². The molecule has 0 spiro atoms. The monoisotopic (exact) mass is 212 g/mol. The molecule has 2 fully saturated rings. The van der Waals surface area contributed by atoms with Crippen molar-refractivity contribution in [2.45, 2.75) is 31.8 Å². The molecule has 1 N–H and O–H groups in total. The zero-order chi connectivity index (χ0) is 10.8. The van der Waals surface area contributed by atoms with Gasteiger partial charge in [0.2, 0.25) is 0 Å². The summed E-state index contributed by atoms with van der Waals surface area (Å²) in [6, 6.07) is 0. The Morgan fingerprint density at radius 3 is 1.93 bits per heavy atom. The molecule has 2 aliphatic carbocycles. The third-order valence-electron chi connectivity index (χ3n) is 3.29. The minimum absolute atomic E-state index is 0.00215. The van der Waals surface area contributed by atoms with E-state index in [2.05, 4.69) is 0 Å². The van der Waals surface area contributed by atoms with Crippen LogP contribution in [0.5, 0.6) is 0 Å². The maximum Gasteiger partial charge on any atom is 0.133 e. The number of ketones is 2. The molecule has 84 valence electrons. The van der Waals surface area contributed by atoms with Crippen molar-refractivity contribution in [1.29, 1.82) is 0 Å². The van der Waals surface area contributed by atoms with Gasteiger partial charge < -0.3 is 9.84 Å². The van der Waals surface area contributed by atoms with Crippen LogP contribution in [0, 0.1) is 11.8 Å². The predicted octanol–water partition coefficient (Wildman–Crippen LogP) is 0.322. The van der Waals surface area contributed by atoms with E-state index in [1.54, 1.807) is 0 Å². The molecule has 0 unspecified atom stereocenters. The van der Waals surface area contributed by atoms with Crippen LogP contribution in [0.4, 0.5) is 0 Å². The molecule has 0 aliphatic heterocycles. The Morgan fingerprint density at radius 2 is 1.53 bits per heavy atom. The topological polar surface area (TPSA) is 63.6 Å². The first-order valence-corrected chi connectivity index (χ1v) is 5.46. The standard InChI is InChI=1S/C11H16O4/c12-1-2-15-11-7-3-9(13)5-8(11)6-10(14)4-7/h7-8,11-12H,1-6H2. The van der Waals surface area contributed by atoms with Crippen LogP contribution in [-0.4, -0.2) is 36.0 Å². The Bertz CT molecular complexity index is 234. The number of rotatable bonds is 3. The van der Waals surface area contributed by atoms with Crippen molar-refractivity contribution < 1.29 is 19.4 Å². The van der Waals surface area contributed by atoms with Crippen molar-refractivity contribution in [3.05, 3.63) is 0 Å². The van der Waals surface area contributed by atoms with E-state index < -0.39 is 0 Å². The summed E-state index contributed by atoms with van der Waals surface area (Å²) >= 11 is 0. The molecule has 0 heterocycles. The fraction of sp³-hybridized carbons (Fsp3) is 0.818. The van der Waals surface area contributed by atoms with E-state index in [-0.39, 0.29) is 36.1 Å². The molecule has 2 aliphatic rings. The van der Waals surface area contributed by atoms with Crippen LogP contribution in [0.15, 0.2) is 0 Å². The number of hydrogen-bond acceptors (Lipinski definition) is 4. The molecule has 4 heteroatoms. The van der Waals surface area contributed by atoms with Crippen LogP contribution in [0.25, 0.3) is 0 Å². The summed E-state index contributed by atoms with van der Waals surface area (Å²) in [5.41, 5.74) is 0. The lowest BCUT2D eigenvalue weighted by Gasteiger charge is -2.40. The summed E-state index contributed by atoms with van der Waals surface area (Å²) in [7, 11) is 0. The lowest BCUT2D eigenvalue weighted by atomic mass is 9.69. The predicted molar refractivity (Wildman–Crippen MR) is 52.3 cm³/mol. The molecule has 0 aromatic rings. The largest absolute Gasteiger partial charge is 0.394 e. The summed E-state index contributed by atoms with van der Waals surface area (Å²) in [6.45, 7) is 0.303. The van der Waals surface area contributed by atoms with Crippen molar-refractivity contribution in [1.82, 2.24) is 0 Å². The van der Waals surface area contributed by atoms with Crippen LogP contribution in [0.1, 0.15) is 25.7 Å². The van der Waals surface area contributed by atoms with E-state index in [0.29, 0.717) is 32.3 Å². The zero-order valence-electron chi connectivity index (χ0n) is 8.65. The highest BCUT2D eigenvalue weighted by atomic mass is 16.5. The van der Waals surface area contributed by atoms with E-state index in [1.165, 1.54) is 0 Å². The lowest BCUT2D eigenvalue weighted by Crippen LogP contribution is -2.45. The summed E-state index contributed by atoms with van der Waals surface area (Å²) < 4.78 is 5.54. The average molecular weight is 212 g/mol. The first kappa shape index (κ1) is 10.8. The number of ether oxygens (including phenoxy) is 1. The number of hydrogen-bond donors (Lipinski definition) is 1. The molecule has 0 radical (unpaired) electrons. The Kier molecular flexibility index (Phi) is 3.17. The summed E-state index contributed by atoms with van der Waals surface area (Å²) in [6.07, 6.45) is 1.89. The number of aliphatic hydroxyl groups excluding tert-OH is 1. The third kappa shape index (κ3) is 2.26. The Labute approximate surface area is 88.6 Å². The van der Waals surface area contributed by atoms with Gasteiger partial charge in [-0.05, 0) is 11.8 Å². The van der Waals surface area contributed by atoms with Crippen molar-refractivity contribution >= 4 is 11.6 Å². The number of carbonyl (C=O) groups excluding carboxylic acids is 2. The fourth-order valence-corrected chi connectivity index (χ4v) is 2.79. The van der Waals surface area contributed by atoms with Gasteiger partial charge in [-0.3, -0.25) is 9.59 Å². The number of aliphatic hydroxyl groups is 1. The van der Waals surface area contributed by atoms with E-state index in [4.69, 9.17) is 9.84 Å². The minimum Gasteiger partial charge on any atom is -0.394 e. The van der Waals surface area contributed by atoms with Crippen LogP contribution in [0.2, 0.25) is 0 Å². The average Bonchev–Trinajstić information content (AvgIpc) is 2.14. The van der Waals surface area contributed by atoms with Crippen molar-refractivity contribution in [3.63, 3.8) is 0 Å². The molecule has 0 aromatic heterocycles. The number of carbonyl (C=O) groups is 2. The maximum atomic E-state index is 11.4. The first-order chi connectivity index (χ1) is 7.20. The number of fused-ring (bicyclic) bond motifs is 2. The van der Waals surface area contributed by atoms with Gasteiger partial charge in [-0.15, -0.1) is 0 Å².